The Morgan fingerprint density at radius 1 is 0.742 bits per heavy atom. The van der Waals surface area contributed by atoms with Crippen molar-refractivity contribution in [3.8, 4) is 0 Å². The summed E-state index contributed by atoms with van der Waals surface area (Å²) in [4.78, 5) is 2.33. The van der Waals surface area contributed by atoms with Gasteiger partial charge in [-0.05, 0) is 70.3 Å². The van der Waals surface area contributed by atoms with Crippen LogP contribution in [0.5, 0.6) is 0 Å². The van der Waals surface area contributed by atoms with Crippen molar-refractivity contribution < 1.29 is 0 Å². The van der Waals surface area contributed by atoms with Crippen molar-refractivity contribution in [2.24, 2.45) is 0 Å². The Labute approximate surface area is 189 Å². The van der Waals surface area contributed by atoms with Crippen LogP contribution in [0, 0.1) is 0 Å². The average Bonchev–Trinajstić information content (AvgIpc) is 2.74. The molecule has 1 nitrogen and oxygen atoms in total. The third-order valence-corrected chi connectivity index (χ3v) is 6.14. The Kier molecular flexibility index (Phi) is 6.74. The van der Waals surface area contributed by atoms with E-state index in [9.17, 15) is 0 Å². The van der Waals surface area contributed by atoms with E-state index in [2.05, 4.69) is 126 Å². The molecule has 0 aliphatic heterocycles. The van der Waals surface area contributed by atoms with Gasteiger partial charge in [0.1, 0.15) is 0 Å². The first-order chi connectivity index (χ1) is 14.7. The van der Waals surface area contributed by atoms with Gasteiger partial charge in [0.25, 0.3) is 0 Å². The molecule has 0 saturated carbocycles. The summed E-state index contributed by atoms with van der Waals surface area (Å²) < 4.78 is 0. The molecule has 1 heteroatoms. The van der Waals surface area contributed by atoms with Gasteiger partial charge in [-0.25, -0.2) is 0 Å². The van der Waals surface area contributed by atoms with Crippen molar-refractivity contribution >= 4 is 23.1 Å². The van der Waals surface area contributed by atoms with Crippen molar-refractivity contribution in [1.82, 2.24) is 0 Å². The molecular formula is C30H37N. The number of benzene rings is 3. The highest BCUT2D eigenvalue weighted by atomic mass is 15.1. The van der Waals surface area contributed by atoms with Gasteiger partial charge in [-0.15, -0.1) is 0 Å². The van der Waals surface area contributed by atoms with Gasteiger partial charge in [0.2, 0.25) is 0 Å². The summed E-state index contributed by atoms with van der Waals surface area (Å²) in [5, 5.41) is 0. The molecule has 3 aromatic carbocycles. The van der Waals surface area contributed by atoms with Gasteiger partial charge in [-0.1, -0.05) is 97.0 Å². The van der Waals surface area contributed by atoms with Gasteiger partial charge in [-0.3, -0.25) is 0 Å². The monoisotopic (exact) mass is 411 g/mol. The molecule has 0 bridgehead atoms. The first-order valence-electron chi connectivity index (χ1n) is 11.4. The zero-order valence-electron chi connectivity index (χ0n) is 20.1. The average molecular weight is 412 g/mol. The Balaban J connectivity index is 2.07. The molecule has 0 fully saturated rings. The highest BCUT2D eigenvalue weighted by Crippen LogP contribution is 2.38. The molecule has 0 saturated heterocycles. The normalized spacial score (nSPS) is 11.9. The lowest BCUT2D eigenvalue weighted by atomic mass is 9.81. The van der Waals surface area contributed by atoms with Crippen LogP contribution in [0.4, 0.5) is 17.1 Å². The lowest BCUT2D eigenvalue weighted by Crippen LogP contribution is -2.17. The first-order valence-corrected chi connectivity index (χ1v) is 11.4. The summed E-state index contributed by atoms with van der Waals surface area (Å²) in [6, 6.07) is 26.6. The van der Waals surface area contributed by atoms with Crippen molar-refractivity contribution in [1.29, 1.82) is 0 Å². The molecule has 0 radical (unpaired) electrons. The van der Waals surface area contributed by atoms with Crippen LogP contribution in [0.15, 0.2) is 79.4 Å². The van der Waals surface area contributed by atoms with Gasteiger partial charge in [0.05, 0.1) is 0 Å². The molecule has 3 rings (SSSR count). The lowest BCUT2D eigenvalue weighted by molar-refractivity contribution is 0.473. The van der Waals surface area contributed by atoms with Gasteiger partial charge >= 0.3 is 0 Å². The number of hydrogen-bond donors (Lipinski definition) is 0. The molecular weight excluding hydrogens is 374 g/mol. The minimum absolute atomic E-state index is 0.138. The summed E-state index contributed by atoms with van der Waals surface area (Å²) in [5.74, 6) is 0. The van der Waals surface area contributed by atoms with Crippen molar-refractivity contribution in [2.45, 2.75) is 65.2 Å². The molecule has 0 amide bonds. The topological polar surface area (TPSA) is 3.24 Å². The molecule has 0 heterocycles. The van der Waals surface area contributed by atoms with Gasteiger partial charge in [0, 0.05) is 17.1 Å². The van der Waals surface area contributed by atoms with Crippen molar-refractivity contribution in [2.75, 3.05) is 4.90 Å². The SMILES string of the molecule is C=Cc1cccc(N(c2ccc(C(C)(C)C)cc2)c2ccc(C(C)(C)CCC)cc2)c1. The maximum Gasteiger partial charge on any atom is 0.0467 e. The number of anilines is 3. The van der Waals surface area contributed by atoms with E-state index in [0.717, 1.165) is 16.9 Å². The number of hydrogen-bond acceptors (Lipinski definition) is 1. The third-order valence-electron chi connectivity index (χ3n) is 6.14. The molecule has 0 atom stereocenters. The van der Waals surface area contributed by atoms with Crippen LogP contribution in [0.3, 0.4) is 0 Å². The Bertz CT molecular complexity index is 1000. The summed E-state index contributed by atoms with van der Waals surface area (Å²) in [5.41, 5.74) is 7.65. The summed E-state index contributed by atoms with van der Waals surface area (Å²) >= 11 is 0. The van der Waals surface area contributed by atoms with Crippen LogP contribution in [0.2, 0.25) is 0 Å². The van der Waals surface area contributed by atoms with Crippen molar-refractivity contribution in [3.05, 3.63) is 96.1 Å². The molecule has 3 aromatic rings. The quantitative estimate of drug-likeness (QED) is 0.374. The molecule has 0 aliphatic carbocycles. The zero-order valence-corrected chi connectivity index (χ0v) is 20.1. The van der Waals surface area contributed by atoms with Crippen LogP contribution in [-0.2, 0) is 10.8 Å². The molecule has 0 spiro atoms. The summed E-state index contributed by atoms with van der Waals surface area (Å²) in [6.45, 7) is 17.6. The minimum Gasteiger partial charge on any atom is -0.310 e. The Morgan fingerprint density at radius 3 is 1.77 bits per heavy atom. The van der Waals surface area contributed by atoms with E-state index in [1.165, 1.54) is 29.7 Å². The fraction of sp³-hybridized carbons (Fsp3) is 0.333. The maximum atomic E-state index is 3.95. The zero-order chi connectivity index (χ0) is 22.6. The molecule has 162 valence electrons. The Hall–Kier alpha value is -2.80. The Morgan fingerprint density at radius 2 is 1.29 bits per heavy atom. The van der Waals surface area contributed by atoms with Gasteiger partial charge in [-0.2, -0.15) is 0 Å². The lowest BCUT2D eigenvalue weighted by Gasteiger charge is -2.29. The number of rotatable bonds is 7. The van der Waals surface area contributed by atoms with E-state index in [-0.39, 0.29) is 10.8 Å². The van der Waals surface area contributed by atoms with Gasteiger partial charge < -0.3 is 4.90 Å². The van der Waals surface area contributed by atoms with E-state index in [1.807, 2.05) is 6.08 Å². The molecule has 0 unspecified atom stereocenters. The first kappa shape index (κ1) is 22.9. The second-order valence-corrected chi connectivity index (χ2v) is 10.1. The summed E-state index contributed by atoms with van der Waals surface area (Å²) in [6.07, 6.45) is 4.28. The van der Waals surface area contributed by atoms with E-state index < -0.39 is 0 Å². The van der Waals surface area contributed by atoms with Crippen LogP contribution >= 0.6 is 0 Å². The highest BCUT2D eigenvalue weighted by molar-refractivity contribution is 5.78. The van der Waals surface area contributed by atoms with E-state index in [1.54, 1.807) is 0 Å². The maximum absolute atomic E-state index is 3.95. The third kappa shape index (κ3) is 5.28. The predicted molar refractivity (Wildman–Crippen MR) is 138 cm³/mol. The molecule has 0 N–H and O–H groups in total. The smallest absolute Gasteiger partial charge is 0.0467 e. The summed E-state index contributed by atoms with van der Waals surface area (Å²) in [7, 11) is 0. The van der Waals surface area contributed by atoms with Crippen LogP contribution in [0.25, 0.3) is 6.08 Å². The second kappa shape index (κ2) is 9.14. The number of nitrogens with zero attached hydrogens (tertiary/aromatic N) is 1. The highest BCUT2D eigenvalue weighted by Gasteiger charge is 2.21. The largest absolute Gasteiger partial charge is 0.310 e. The molecule has 0 aromatic heterocycles. The second-order valence-electron chi connectivity index (χ2n) is 10.1. The standard InChI is InChI=1S/C30H37N/c1-8-21-30(6,7)25-15-19-27(20-16-25)31(28-12-10-11-23(9-2)22-28)26-17-13-24(14-18-26)29(3,4)5/h9-20,22H,2,8,21H2,1,3-7H3. The fourth-order valence-electron chi connectivity index (χ4n) is 4.18. The van der Waals surface area contributed by atoms with Gasteiger partial charge in [0.15, 0.2) is 0 Å². The predicted octanol–water partition coefficient (Wildman–Crippen LogP) is 9.17. The molecule has 0 aliphatic rings. The minimum atomic E-state index is 0.138. The van der Waals surface area contributed by atoms with Crippen molar-refractivity contribution in [3.63, 3.8) is 0 Å². The van der Waals surface area contributed by atoms with E-state index in [0.29, 0.717) is 0 Å². The van der Waals surface area contributed by atoms with Crippen LogP contribution in [0.1, 0.15) is 71.1 Å². The van der Waals surface area contributed by atoms with Crippen LogP contribution in [-0.4, -0.2) is 0 Å². The van der Waals surface area contributed by atoms with Crippen LogP contribution < -0.4 is 4.90 Å². The molecule has 31 heavy (non-hydrogen) atoms. The van der Waals surface area contributed by atoms with E-state index >= 15 is 0 Å². The fourth-order valence-corrected chi connectivity index (χ4v) is 4.18. The van der Waals surface area contributed by atoms with E-state index in [4.69, 9.17) is 0 Å².